The molecule has 0 unspecified atom stereocenters. The molecular formula is C26H21NO5. The largest absolute Gasteiger partial charge is 0.507 e. The van der Waals surface area contributed by atoms with Gasteiger partial charge in [0.1, 0.15) is 11.5 Å². The van der Waals surface area contributed by atoms with Crippen LogP contribution in [-0.2, 0) is 0 Å². The zero-order chi connectivity index (χ0) is 22.8. The summed E-state index contributed by atoms with van der Waals surface area (Å²) in [5, 5.41) is 20.8. The SMILES string of the molecule is COc1ccc(-c2cc(=O)n(-c3ccc(C)cc3)c(-c3ccccc3O)c2C(=O)O)cc1. The number of carbonyl (C=O) groups is 1. The van der Waals surface area contributed by atoms with E-state index >= 15 is 0 Å². The van der Waals surface area contributed by atoms with E-state index in [2.05, 4.69) is 0 Å². The van der Waals surface area contributed by atoms with E-state index in [1.165, 1.54) is 23.8 Å². The van der Waals surface area contributed by atoms with E-state index < -0.39 is 11.5 Å². The van der Waals surface area contributed by atoms with Crippen LogP contribution in [-0.4, -0.2) is 27.9 Å². The van der Waals surface area contributed by atoms with Crippen LogP contribution < -0.4 is 10.3 Å². The average molecular weight is 427 g/mol. The van der Waals surface area contributed by atoms with Crippen LogP contribution in [0.3, 0.4) is 0 Å². The first kappa shape index (κ1) is 20.9. The number of phenolic OH excluding ortho intramolecular Hbond substituents is 1. The number of aromatic hydroxyl groups is 1. The lowest BCUT2D eigenvalue weighted by Crippen LogP contribution is -2.23. The van der Waals surface area contributed by atoms with Crippen molar-refractivity contribution in [2.75, 3.05) is 7.11 Å². The molecule has 0 fully saturated rings. The monoisotopic (exact) mass is 427 g/mol. The van der Waals surface area contributed by atoms with Gasteiger partial charge < -0.3 is 14.9 Å². The molecular weight excluding hydrogens is 406 g/mol. The normalized spacial score (nSPS) is 10.7. The fourth-order valence-corrected chi connectivity index (χ4v) is 3.70. The van der Waals surface area contributed by atoms with Gasteiger partial charge in [0.15, 0.2) is 0 Å². The summed E-state index contributed by atoms with van der Waals surface area (Å²) >= 11 is 0. The number of aromatic nitrogens is 1. The molecule has 2 N–H and O–H groups in total. The number of hydrogen-bond donors (Lipinski definition) is 2. The van der Waals surface area contributed by atoms with Crippen LogP contribution in [0.1, 0.15) is 15.9 Å². The van der Waals surface area contributed by atoms with Crippen molar-refractivity contribution in [3.05, 3.63) is 100 Å². The Morgan fingerprint density at radius 3 is 2.16 bits per heavy atom. The Morgan fingerprint density at radius 1 is 0.906 bits per heavy atom. The summed E-state index contributed by atoms with van der Waals surface area (Å²) in [4.78, 5) is 25.9. The van der Waals surface area contributed by atoms with Crippen LogP contribution in [0.2, 0.25) is 0 Å². The lowest BCUT2D eigenvalue weighted by molar-refractivity contribution is 0.0698. The van der Waals surface area contributed by atoms with Crippen LogP contribution >= 0.6 is 0 Å². The standard InChI is InChI=1S/C26H21NO5/c1-16-7-11-18(12-8-16)27-23(29)15-21(17-9-13-19(32-2)14-10-17)24(26(30)31)25(27)20-5-3-4-6-22(20)28/h3-15,28H,1-2H3,(H,30,31). The van der Waals surface area contributed by atoms with E-state index in [9.17, 15) is 19.8 Å². The average Bonchev–Trinajstić information content (AvgIpc) is 2.79. The van der Waals surface area contributed by atoms with Gasteiger partial charge >= 0.3 is 5.97 Å². The Bertz CT molecular complexity index is 1350. The molecule has 6 nitrogen and oxygen atoms in total. The molecule has 3 aromatic carbocycles. The molecule has 4 rings (SSSR count). The number of hydrogen-bond acceptors (Lipinski definition) is 4. The van der Waals surface area contributed by atoms with Crippen LogP contribution in [0, 0.1) is 6.92 Å². The second-order valence-corrected chi connectivity index (χ2v) is 7.34. The first-order chi connectivity index (χ1) is 15.4. The molecule has 32 heavy (non-hydrogen) atoms. The Balaban J connectivity index is 2.13. The fraction of sp³-hybridized carbons (Fsp3) is 0.0769. The quantitative estimate of drug-likeness (QED) is 0.473. The number of phenols is 1. The van der Waals surface area contributed by atoms with Gasteiger partial charge in [-0.25, -0.2) is 4.79 Å². The Kier molecular flexibility index (Phi) is 5.52. The number of carboxylic acids is 1. The zero-order valence-electron chi connectivity index (χ0n) is 17.6. The van der Waals surface area contributed by atoms with Gasteiger partial charge in [0.05, 0.1) is 18.4 Å². The number of nitrogens with zero attached hydrogens (tertiary/aromatic N) is 1. The Labute approximate surface area is 184 Å². The van der Waals surface area contributed by atoms with Crippen molar-refractivity contribution in [1.82, 2.24) is 4.57 Å². The molecule has 0 bridgehead atoms. The summed E-state index contributed by atoms with van der Waals surface area (Å²) in [6, 6.07) is 21.7. The zero-order valence-corrected chi connectivity index (χ0v) is 17.6. The minimum atomic E-state index is -1.21. The molecule has 4 aromatic rings. The van der Waals surface area contributed by atoms with Gasteiger partial charge in [-0.2, -0.15) is 0 Å². The number of para-hydroxylation sites is 1. The van der Waals surface area contributed by atoms with Crippen LogP contribution in [0.5, 0.6) is 11.5 Å². The van der Waals surface area contributed by atoms with E-state index in [1.807, 2.05) is 19.1 Å². The molecule has 0 aliphatic carbocycles. The third-order valence-electron chi connectivity index (χ3n) is 5.28. The third kappa shape index (κ3) is 3.74. The minimum absolute atomic E-state index is 0.0863. The van der Waals surface area contributed by atoms with Gasteiger partial charge in [0, 0.05) is 22.9 Å². The van der Waals surface area contributed by atoms with Gasteiger partial charge in [-0.3, -0.25) is 9.36 Å². The fourth-order valence-electron chi connectivity index (χ4n) is 3.70. The summed E-state index contributed by atoms with van der Waals surface area (Å²) in [6.07, 6.45) is 0. The number of ether oxygens (including phenoxy) is 1. The van der Waals surface area contributed by atoms with Crippen molar-refractivity contribution in [3.63, 3.8) is 0 Å². The molecule has 0 atom stereocenters. The second-order valence-electron chi connectivity index (χ2n) is 7.34. The molecule has 0 aliphatic rings. The van der Waals surface area contributed by atoms with Crippen molar-refractivity contribution in [2.45, 2.75) is 6.92 Å². The van der Waals surface area contributed by atoms with E-state index in [0.29, 0.717) is 17.0 Å². The topological polar surface area (TPSA) is 88.8 Å². The highest BCUT2D eigenvalue weighted by Crippen LogP contribution is 2.37. The maximum absolute atomic E-state index is 13.4. The van der Waals surface area contributed by atoms with Crippen LogP contribution in [0.25, 0.3) is 28.1 Å². The van der Waals surface area contributed by atoms with Crippen molar-refractivity contribution >= 4 is 5.97 Å². The molecule has 0 spiro atoms. The van der Waals surface area contributed by atoms with Gasteiger partial charge in [-0.15, -0.1) is 0 Å². The van der Waals surface area contributed by atoms with Crippen molar-refractivity contribution < 1.29 is 19.7 Å². The van der Waals surface area contributed by atoms with Gasteiger partial charge in [0.25, 0.3) is 5.56 Å². The van der Waals surface area contributed by atoms with E-state index in [0.717, 1.165) is 5.56 Å². The number of rotatable bonds is 5. The highest BCUT2D eigenvalue weighted by Gasteiger charge is 2.25. The number of aryl methyl sites for hydroxylation is 1. The van der Waals surface area contributed by atoms with Gasteiger partial charge in [-0.1, -0.05) is 42.0 Å². The minimum Gasteiger partial charge on any atom is -0.507 e. The number of carboxylic acid groups (broad SMARTS) is 1. The van der Waals surface area contributed by atoms with Crippen LogP contribution in [0.4, 0.5) is 0 Å². The molecule has 0 saturated carbocycles. The summed E-state index contributed by atoms with van der Waals surface area (Å²) in [7, 11) is 1.54. The molecule has 0 aliphatic heterocycles. The van der Waals surface area contributed by atoms with E-state index in [1.54, 1.807) is 54.6 Å². The number of aromatic carboxylic acids is 1. The lowest BCUT2D eigenvalue weighted by atomic mass is 9.94. The predicted octanol–water partition coefficient (Wildman–Crippen LogP) is 4.89. The summed E-state index contributed by atoms with van der Waals surface area (Å²) in [6.45, 7) is 1.92. The van der Waals surface area contributed by atoms with Crippen molar-refractivity contribution in [2.24, 2.45) is 0 Å². The molecule has 0 radical (unpaired) electrons. The summed E-state index contributed by atoms with van der Waals surface area (Å²) in [5.41, 5.74) is 2.16. The number of pyridine rings is 1. The summed E-state index contributed by atoms with van der Waals surface area (Å²) in [5.74, 6) is -0.725. The summed E-state index contributed by atoms with van der Waals surface area (Å²) < 4.78 is 6.51. The Hall–Kier alpha value is -4.32. The van der Waals surface area contributed by atoms with E-state index in [4.69, 9.17) is 4.74 Å². The van der Waals surface area contributed by atoms with E-state index in [-0.39, 0.29) is 28.1 Å². The molecule has 6 heteroatoms. The van der Waals surface area contributed by atoms with Gasteiger partial charge in [0.2, 0.25) is 0 Å². The molecule has 0 amide bonds. The lowest BCUT2D eigenvalue weighted by Gasteiger charge is -2.20. The highest BCUT2D eigenvalue weighted by molar-refractivity contribution is 6.03. The van der Waals surface area contributed by atoms with Crippen molar-refractivity contribution in [3.8, 4) is 39.6 Å². The molecule has 1 heterocycles. The smallest absolute Gasteiger partial charge is 0.338 e. The van der Waals surface area contributed by atoms with Crippen LogP contribution in [0.15, 0.2) is 83.7 Å². The Morgan fingerprint density at radius 2 is 1.56 bits per heavy atom. The predicted molar refractivity (Wildman–Crippen MR) is 123 cm³/mol. The number of methoxy groups -OCH3 is 1. The molecule has 160 valence electrons. The molecule has 1 aromatic heterocycles. The number of benzene rings is 3. The first-order valence-corrected chi connectivity index (χ1v) is 9.94. The van der Waals surface area contributed by atoms with Crippen molar-refractivity contribution in [1.29, 1.82) is 0 Å². The third-order valence-corrected chi connectivity index (χ3v) is 5.28. The van der Waals surface area contributed by atoms with Gasteiger partial charge in [-0.05, 0) is 48.9 Å². The highest BCUT2D eigenvalue weighted by atomic mass is 16.5. The second kappa shape index (κ2) is 8.43. The molecule has 0 saturated heterocycles. The maximum Gasteiger partial charge on any atom is 0.338 e. The maximum atomic E-state index is 13.4. The first-order valence-electron chi connectivity index (χ1n) is 9.94.